The molecule has 1 aliphatic heterocycles. The molecule has 3 rings (SSSR count). The van der Waals surface area contributed by atoms with Crippen LogP contribution in [0.2, 0.25) is 0 Å². The van der Waals surface area contributed by atoms with Gasteiger partial charge in [0.2, 0.25) is 0 Å². The topological polar surface area (TPSA) is 54.2 Å². The second-order valence-electron chi connectivity index (χ2n) is 8.03. The van der Waals surface area contributed by atoms with E-state index >= 15 is 0 Å². The van der Waals surface area contributed by atoms with Gasteiger partial charge in [-0.25, -0.2) is 4.98 Å². The molecule has 4 heteroatoms. The first-order valence-electron chi connectivity index (χ1n) is 10.4. The van der Waals surface area contributed by atoms with Gasteiger partial charge >= 0.3 is 0 Å². The van der Waals surface area contributed by atoms with Crippen LogP contribution in [0.15, 0.2) is 30.3 Å². The first kappa shape index (κ1) is 19.7. The van der Waals surface area contributed by atoms with E-state index in [0.29, 0.717) is 11.9 Å². The molecule has 0 aliphatic carbocycles. The van der Waals surface area contributed by atoms with E-state index < -0.39 is 0 Å². The molecule has 1 atom stereocenters. The third-order valence-electron chi connectivity index (χ3n) is 5.42. The predicted octanol–water partition coefficient (Wildman–Crippen LogP) is 4.76. The van der Waals surface area contributed by atoms with Gasteiger partial charge in [-0.2, -0.15) is 0 Å². The van der Waals surface area contributed by atoms with Crippen LogP contribution >= 0.6 is 0 Å². The monoisotopic (exact) mass is 366 g/mol. The van der Waals surface area contributed by atoms with E-state index in [1.165, 1.54) is 49.0 Å². The molecule has 0 unspecified atom stereocenters. The minimum absolute atomic E-state index is 0.441. The number of benzene rings is 1. The number of hydrogen-bond acceptors (Lipinski definition) is 4. The van der Waals surface area contributed by atoms with Crippen molar-refractivity contribution in [2.75, 3.05) is 24.1 Å². The van der Waals surface area contributed by atoms with Crippen molar-refractivity contribution < 1.29 is 0 Å². The van der Waals surface area contributed by atoms with Crippen LogP contribution in [0.25, 0.3) is 0 Å². The van der Waals surface area contributed by atoms with Crippen LogP contribution in [-0.4, -0.2) is 29.0 Å². The standard InChI is InChI=1S/C23H34N4/c1-4-7-18(3)25-22-14-21(26-23(24)15-22)13-20-9-8-19(12-17(20)2)16-27-10-5-6-11-27/h8-9,12,14-15,18H,4-7,10-11,13,16H2,1-3H3,(H3,24,25,26)/t18-/m1/s1. The second kappa shape index (κ2) is 9.23. The summed E-state index contributed by atoms with van der Waals surface area (Å²) in [6.07, 6.45) is 5.81. The third-order valence-corrected chi connectivity index (χ3v) is 5.42. The number of pyridine rings is 1. The van der Waals surface area contributed by atoms with Gasteiger partial charge in [0.15, 0.2) is 0 Å². The van der Waals surface area contributed by atoms with Crippen molar-refractivity contribution in [3.05, 3.63) is 52.7 Å². The molecule has 3 N–H and O–H groups in total. The van der Waals surface area contributed by atoms with Crippen molar-refractivity contribution >= 4 is 11.5 Å². The lowest BCUT2D eigenvalue weighted by Gasteiger charge is -2.17. The minimum Gasteiger partial charge on any atom is -0.384 e. The fourth-order valence-electron chi connectivity index (χ4n) is 4.02. The number of aromatic nitrogens is 1. The van der Waals surface area contributed by atoms with E-state index in [-0.39, 0.29) is 0 Å². The molecule has 27 heavy (non-hydrogen) atoms. The molecular weight excluding hydrogens is 332 g/mol. The maximum Gasteiger partial charge on any atom is 0.125 e. The molecular formula is C23H34N4. The molecule has 0 saturated carbocycles. The summed E-state index contributed by atoms with van der Waals surface area (Å²) >= 11 is 0. The zero-order chi connectivity index (χ0) is 19.2. The summed E-state index contributed by atoms with van der Waals surface area (Å²) in [5.41, 5.74) is 12.2. The molecule has 0 radical (unpaired) electrons. The van der Waals surface area contributed by atoms with E-state index in [9.17, 15) is 0 Å². The van der Waals surface area contributed by atoms with E-state index in [4.69, 9.17) is 5.73 Å². The summed E-state index contributed by atoms with van der Waals surface area (Å²) < 4.78 is 0. The number of nitrogens with zero attached hydrogens (tertiary/aromatic N) is 2. The van der Waals surface area contributed by atoms with Crippen LogP contribution in [0.5, 0.6) is 0 Å². The first-order chi connectivity index (χ1) is 13.0. The first-order valence-corrected chi connectivity index (χ1v) is 10.4. The number of rotatable bonds is 8. The van der Waals surface area contributed by atoms with Gasteiger partial charge < -0.3 is 11.1 Å². The van der Waals surface area contributed by atoms with Gasteiger partial charge in [-0.15, -0.1) is 0 Å². The Kier molecular flexibility index (Phi) is 6.73. The van der Waals surface area contributed by atoms with Gasteiger partial charge in [0, 0.05) is 36.5 Å². The van der Waals surface area contributed by atoms with Crippen LogP contribution < -0.4 is 11.1 Å². The maximum atomic E-state index is 6.06. The van der Waals surface area contributed by atoms with Crippen molar-refractivity contribution in [1.82, 2.24) is 9.88 Å². The Labute approximate surface area is 164 Å². The Morgan fingerprint density at radius 1 is 1.19 bits per heavy atom. The van der Waals surface area contributed by atoms with E-state index in [0.717, 1.165) is 30.8 Å². The molecule has 0 bridgehead atoms. The smallest absolute Gasteiger partial charge is 0.125 e. The number of aryl methyl sites for hydroxylation is 1. The molecule has 1 aliphatic rings. The van der Waals surface area contributed by atoms with Gasteiger partial charge in [-0.1, -0.05) is 31.5 Å². The molecule has 4 nitrogen and oxygen atoms in total. The number of nitrogens with one attached hydrogen (secondary N) is 1. The number of hydrogen-bond donors (Lipinski definition) is 2. The zero-order valence-electron chi connectivity index (χ0n) is 17.1. The molecule has 1 saturated heterocycles. The second-order valence-corrected chi connectivity index (χ2v) is 8.03. The summed E-state index contributed by atoms with van der Waals surface area (Å²) in [6.45, 7) is 10.2. The van der Waals surface area contributed by atoms with Crippen molar-refractivity contribution in [2.45, 2.75) is 65.5 Å². The largest absolute Gasteiger partial charge is 0.384 e. The molecule has 2 heterocycles. The van der Waals surface area contributed by atoms with Crippen LogP contribution in [0.3, 0.4) is 0 Å². The Morgan fingerprint density at radius 3 is 2.67 bits per heavy atom. The molecule has 0 spiro atoms. The number of nitrogens with two attached hydrogens (primary N) is 1. The number of likely N-dealkylation sites (tertiary alicyclic amines) is 1. The average molecular weight is 367 g/mol. The van der Waals surface area contributed by atoms with Crippen molar-refractivity contribution in [1.29, 1.82) is 0 Å². The van der Waals surface area contributed by atoms with Gasteiger partial charge in [0.25, 0.3) is 0 Å². The summed E-state index contributed by atoms with van der Waals surface area (Å²) in [4.78, 5) is 7.10. The van der Waals surface area contributed by atoms with Crippen molar-refractivity contribution in [3.8, 4) is 0 Å². The normalized spacial score (nSPS) is 15.8. The Morgan fingerprint density at radius 2 is 1.96 bits per heavy atom. The number of nitrogen functional groups attached to an aromatic ring is 1. The quantitative estimate of drug-likeness (QED) is 0.707. The van der Waals surface area contributed by atoms with E-state index in [1.54, 1.807) is 0 Å². The lowest BCUT2D eigenvalue weighted by Crippen LogP contribution is -2.18. The maximum absolute atomic E-state index is 6.06. The Hall–Kier alpha value is -2.07. The lowest BCUT2D eigenvalue weighted by atomic mass is 10.0. The van der Waals surface area contributed by atoms with Crippen LogP contribution in [-0.2, 0) is 13.0 Å². The molecule has 1 aromatic carbocycles. The minimum atomic E-state index is 0.441. The van der Waals surface area contributed by atoms with Gasteiger partial charge in [-0.3, -0.25) is 4.90 Å². The highest BCUT2D eigenvalue weighted by atomic mass is 15.1. The van der Waals surface area contributed by atoms with Crippen LogP contribution in [0.4, 0.5) is 11.5 Å². The average Bonchev–Trinajstić information content (AvgIpc) is 3.10. The van der Waals surface area contributed by atoms with Gasteiger partial charge in [-0.05, 0) is 69.0 Å². The van der Waals surface area contributed by atoms with E-state index in [2.05, 4.69) is 60.2 Å². The molecule has 146 valence electrons. The molecule has 1 aromatic heterocycles. The summed E-state index contributed by atoms with van der Waals surface area (Å²) in [7, 11) is 0. The van der Waals surface area contributed by atoms with E-state index in [1.807, 2.05) is 6.07 Å². The third kappa shape index (κ3) is 5.70. The zero-order valence-corrected chi connectivity index (χ0v) is 17.1. The summed E-state index contributed by atoms with van der Waals surface area (Å²) in [5, 5.41) is 3.55. The number of anilines is 2. The summed E-state index contributed by atoms with van der Waals surface area (Å²) in [6, 6.07) is 11.4. The lowest BCUT2D eigenvalue weighted by molar-refractivity contribution is 0.331. The van der Waals surface area contributed by atoms with Gasteiger partial charge in [0.05, 0.1) is 0 Å². The fourth-order valence-corrected chi connectivity index (χ4v) is 4.02. The van der Waals surface area contributed by atoms with Crippen molar-refractivity contribution in [3.63, 3.8) is 0 Å². The fraction of sp³-hybridized carbons (Fsp3) is 0.522. The molecule has 2 aromatic rings. The molecule has 1 fully saturated rings. The van der Waals surface area contributed by atoms with Crippen LogP contribution in [0.1, 0.15) is 61.9 Å². The van der Waals surface area contributed by atoms with Gasteiger partial charge in [0.1, 0.15) is 5.82 Å². The SMILES string of the molecule is CCC[C@@H](C)Nc1cc(N)nc(Cc2ccc(CN3CCCC3)cc2C)c1. The predicted molar refractivity (Wildman–Crippen MR) is 115 cm³/mol. The van der Waals surface area contributed by atoms with Crippen molar-refractivity contribution in [2.24, 2.45) is 0 Å². The molecule has 0 amide bonds. The summed E-state index contributed by atoms with van der Waals surface area (Å²) in [5.74, 6) is 0.585. The highest BCUT2D eigenvalue weighted by molar-refractivity contribution is 5.53. The Bertz CT molecular complexity index is 750. The Balaban J connectivity index is 1.69. The van der Waals surface area contributed by atoms with Crippen LogP contribution in [0, 0.1) is 6.92 Å². The highest BCUT2D eigenvalue weighted by Gasteiger charge is 2.12. The highest BCUT2D eigenvalue weighted by Crippen LogP contribution is 2.21.